The van der Waals surface area contributed by atoms with Gasteiger partial charge in [-0.25, -0.2) is 0 Å². The number of carbonyl (C=O) groups excluding carboxylic acids is 1. The molecule has 3 rings (SSSR count). The summed E-state index contributed by atoms with van der Waals surface area (Å²) in [5.41, 5.74) is 1.70. The predicted molar refractivity (Wildman–Crippen MR) is 77.1 cm³/mol. The van der Waals surface area contributed by atoms with Gasteiger partial charge in [-0.15, -0.1) is 11.3 Å². The minimum absolute atomic E-state index is 0.0155. The van der Waals surface area contributed by atoms with Crippen LogP contribution in [0.25, 0.3) is 0 Å². The summed E-state index contributed by atoms with van der Waals surface area (Å²) < 4.78 is 1.05. The van der Waals surface area contributed by atoms with E-state index < -0.39 is 0 Å². The Morgan fingerprint density at radius 3 is 2.89 bits per heavy atom. The van der Waals surface area contributed by atoms with E-state index in [2.05, 4.69) is 26.1 Å². The van der Waals surface area contributed by atoms with Gasteiger partial charge in [-0.2, -0.15) is 0 Å². The molecular formula is C13H11BrN2OS. The lowest BCUT2D eigenvalue weighted by atomic mass is 10.1. The molecule has 92 valence electrons. The van der Waals surface area contributed by atoms with E-state index in [-0.39, 0.29) is 12.1 Å². The number of amides is 1. The van der Waals surface area contributed by atoms with Crippen molar-refractivity contribution in [3.63, 3.8) is 0 Å². The Hall–Kier alpha value is -1.33. The molecule has 1 amide bonds. The van der Waals surface area contributed by atoms with Gasteiger partial charge >= 0.3 is 0 Å². The summed E-state index contributed by atoms with van der Waals surface area (Å²) in [5.74, 6) is -0.0155. The van der Waals surface area contributed by atoms with Crippen molar-refractivity contribution in [1.29, 1.82) is 0 Å². The van der Waals surface area contributed by atoms with Crippen LogP contribution in [0.1, 0.15) is 21.4 Å². The highest BCUT2D eigenvalue weighted by Gasteiger charge is 2.29. The van der Waals surface area contributed by atoms with Crippen LogP contribution in [-0.4, -0.2) is 13.0 Å². The van der Waals surface area contributed by atoms with Crippen LogP contribution in [0.5, 0.6) is 0 Å². The number of benzene rings is 1. The standard InChI is InChI=1S/C13H11BrN2OS/c1-16-10-5-3-2-4-9(10)13(17)15-12(16)11-6-8(14)7-18-11/h2-7,12H,1H3,(H,15,17)/t12-/m0/s1. The number of fused-ring (bicyclic) bond motifs is 1. The Morgan fingerprint density at radius 1 is 1.39 bits per heavy atom. The Bertz CT molecular complexity index is 611. The lowest BCUT2D eigenvalue weighted by molar-refractivity contribution is 0.0929. The second-order valence-corrected chi connectivity index (χ2v) is 6.03. The van der Waals surface area contributed by atoms with Crippen molar-refractivity contribution < 1.29 is 4.79 Å². The van der Waals surface area contributed by atoms with Crippen molar-refractivity contribution in [3.8, 4) is 0 Å². The Kier molecular flexibility index (Phi) is 2.87. The average molecular weight is 323 g/mol. The summed E-state index contributed by atoms with van der Waals surface area (Å²) in [6.07, 6.45) is -0.0938. The van der Waals surface area contributed by atoms with Gasteiger partial charge in [-0.05, 0) is 34.1 Å². The number of thiophene rings is 1. The van der Waals surface area contributed by atoms with Gasteiger partial charge in [-0.1, -0.05) is 12.1 Å². The fourth-order valence-electron chi connectivity index (χ4n) is 2.14. The number of halogens is 1. The van der Waals surface area contributed by atoms with Crippen LogP contribution in [0.2, 0.25) is 0 Å². The molecule has 0 aliphatic carbocycles. The fraction of sp³-hybridized carbons (Fsp3) is 0.154. The molecule has 1 aromatic carbocycles. The van der Waals surface area contributed by atoms with Crippen molar-refractivity contribution in [3.05, 3.63) is 50.6 Å². The first-order valence-corrected chi connectivity index (χ1v) is 7.21. The number of nitrogens with zero attached hydrogens (tertiary/aromatic N) is 1. The first kappa shape index (κ1) is 11.7. The summed E-state index contributed by atoms with van der Waals surface area (Å²) in [7, 11) is 2.00. The zero-order chi connectivity index (χ0) is 12.7. The highest BCUT2D eigenvalue weighted by atomic mass is 79.9. The van der Waals surface area contributed by atoms with E-state index in [9.17, 15) is 4.79 Å². The van der Waals surface area contributed by atoms with E-state index in [1.807, 2.05) is 42.8 Å². The van der Waals surface area contributed by atoms with Gasteiger partial charge in [0.05, 0.1) is 11.3 Å². The molecule has 0 bridgehead atoms. The van der Waals surface area contributed by atoms with Crippen molar-refractivity contribution in [2.75, 3.05) is 11.9 Å². The second-order valence-electron chi connectivity index (χ2n) is 4.17. The topological polar surface area (TPSA) is 32.3 Å². The van der Waals surface area contributed by atoms with Crippen molar-refractivity contribution >= 4 is 38.9 Å². The van der Waals surface area contributed by atoms with Gasteiger partial charge < -0.3 is 10.2 Å². The predicted octanol–water partition coefficient (Wildman–Crippen LogP) is 3.39. The van der Waals surface area contributed by atoms with Gasteiger partial charge in [0.25, 0.3) is 5.91 Å². The Balaban J connectivity index is 2.04. The summed E-state index contributed by atoms with van der Waals surface area (Å²) in [4.78, 5) is 15.3. The van der Waals surface area contributed by atoms with Gasteiger partial charge in [-0.3, -0.25) is 4.79 Å². The second kappa shape index (κ2) is 4.40. The third-order valence-corrected chi connectivity index (χ3v) is 4.79. The maximum Gasteiger partial charge on any atom is 0.255 e. The van der Waals surface area contributed by atoms with E-state index in [1.165, 1.54) is 0 Å². The zero-order valence-corrected chi connectivity index (χ0v) is 12.1. The summed E-state index contributed by atoms with van der Waals surface area (Å²) in [5, 5.41) is 5.05. The summed E-state index contributed by atoms with van der Waals surface area (Å²) in [6.45, 7) is 0. The first-order chi connectivity index (χ1) is 8.66. The fourth-order valence-corrected chi connectivity index (χ4v) is 3.68. The molecule has 0 saturated carbocycles. The molecule has 0 radical (unpaired) electrons. The number of carbonyl (C=O) groups is 1. The zero-order valence-electron chi connectivity index (χ0n) is 9.68. The van der Waals surface area contributed by atoms with Crippen LogP contribution >= 0.6 is 27.3 Å². The first-order valence-electron chi connectivity index (χ1n) is 5.53. The van der Waals surface area contributed by atoms with E-state index in [0.29, 0.717) is 0 Å². The molecule has 5 heteroatoms. The van der Waals surface area contributed by atoms with Gasteiger partial charge in [0.2, 0.25) is 0 Å². The molecule has 1 atom stereocenters. The molecule has 0 unspecified atom stereocenters. The summed E-state index contributed by atoms with van der Waals surface area (Å²) >= 11 is 5.08. The third-order valence-electron chi connectivity index (χ3n) is 3.04. The van der Waals surface area contributed by atoms with Gasteiger partial charge in [0, 0.05) is 21.8 Å². The molecule has 1 aliphatic rings. The molecule has 3 nitrogen and oxygen atoms in total. The van der Waals surface area contributed by atoms with E-state index in [0.717, 1.165) is 20.6 Å². The van der Waals surface area contributed by atoms with Crippen LogP contribution in [0.3, 0.4) is 0 Å². The quantitative estimate of drug-likeness (QED) is 0.872. The highest BCUT2D eigenvalue weighted by molar-refractivity contribution is 9.10. The number of para-hydroxylation sites is 1. The summed E-state index contributed by atoms with van der Waals surface area (Å²) in [6, 6.07) is 9.70. The molecule has 1 aliphatic heterocycles. The molecule has 2 heterocycles. The van der Waals surface area contributed by atoms with E-state index >= 15 is 0 Å². The maximum atomic E-state index is 12.1. The minimum Gasteiger partial charge on any atom is -0.349 e. The Morgan fingerprint density at radius 2 is 2.17 bits per heavy atom. The highest BCUT2D eigenvalue weighted by Crippen LogP contribution is 2.34. The van der Waals surface area contributed by atoms with Gasteiger partial charge in [0.1, 0.15) is 6.17 Å². The minimum atomic E-state index is -0.0938. The number of rotatable bonds is 1. The molecule has 0 fully saturated rings. The van der Waals surface area contributed by atoms with E-state index in [4.69, 9.17) is 0 Å². The molecule has 0 spiro atoms. The van der Waals surface area contributed by atoms with Crippen molar-refractivity contribution in [2.24, 2.45) is 0 Å². The van der Waals surface area contributed by atoms with Gasteiger partial charge in [0.15, 0.2) is 0 Å². The smallest absolute Gasteiger partial charge is 0.255 e. The van der Waals surface area contributed by atoms with Crippen LogP contribution in [-0.2, 0) is 0 Å². The van der Waals surface area contributed by atoms with Crippen LogP contribution in [0, 0.1) is 0 Å². The Labute approximate surface area is 118 Å². The monoisotopic (exact) mass is 322 g/mol. The van der Waals surface area contributed by atoms with Crippen LogP contribution in [0.15, 0.2) is 40.2 Å². The molecule has 0 saturated heterocycles. The lowest BCUT2D eigenvalue weighted by Crippen LogP contribution is -2.44. The molecule has 2 aromatic rings. The van der Waals surface area contributed by atoms with E-state index in [1.54, 1.807) is 11.3 Å². The lowest BCUT2D eigenvalue weighted by Gasteiger charge is -2.35. The normalized spacial score (nSPS) is 18.4. The maximum absolute atomic E-state index is 12.1. The molecule has 1 aromatic heterocycles. The van der Waals surface area contributed by atoms with Crippen molar-refractivity contribution in [1.82, 2.24) is 5.32 Å². The molecule has 18 heavy (non-hydrogen) atoms. The van der Waals surface area contributed by atoms with Crippen LogP contribution in [0.4, 0.5) is 5.69 Å². The van der Waals surface area contributed by atoms with Crippen LogP contribution < -0.4 is 10.2 Å². The molecular weight excluding hydrogens is 312 g/mol. The number of anilines is 1. The SMILES string of the molecule is CN1c2ccccc2C(=O)N[C@@H]1c1cc(Br)cs1. The number of hydrogen-bond donors (Lipinski definition) is 1. The number of hydrogen-bond acceptors (Lipinski definition) is 3. The largest absolute Gasteiger partial charge is 0.349 e. The average Bonchev–Trinajstić information content (AvgIpc) is 2.80. The third kappa shape index (κ3) is 1.83. The number of nitrogens with one attached hydrogen (secondary N) is 1. The van der Waals surface area contributed by atoms with Crippen molar-refractivity contribution in [2.45, 2.75) is 6.17 Å². The molecule has 1 N–H and O–H groups in total.